The maximum atomic E-state index is 13.2. The van der Waals surface area contributed by atoms with E-state index in [9.17, 15) is 18.0 Å². The minimum absolute atomic E-state index is 0.0945. The van der Waals surface area contributed by atoms with Gasteiger partial charge in [-0.15, -0.1) is 0 Å². The molecule has 0 radical (unpaired) electrons. The first kappa shape index (κ1) is 22.3. The lowest BCUT2D eigenvalue weighted by molar-refractivity contribution is -0.138. The fourth-order valence-corrected chi connectivity index (χ4v) is 6.49. The summed E-state index contributed by atoms with van der Waals surface area (Å²) in [5, 5.41) is 0. The Labute approximate surface area is 185 Å². The minimum atomic E-state index is -3.69. The first-order valence-corrected chi connectivity index (χ1v) is 13.0. The van der Waals surface area contributed by atoms with Gasteiger partial charge in [0.05, 0.1) is 0 Å². The van der Waals surface area contributed by atoms with Gasteiger partial charge in [0, 0.05) is 58.4 Å². The number of hydrogen-bond donors (Lipinski definition) is 0. The Balaban J connectivity index is 1.39. The fourth-order valence-electron chi connectivity index (χ4n) is 4.95. The highest BCUT2D eigenvalue weighted by molar-refractivity contribution is 7.89. The molecule has 3 aliphatic rings. The molecule has 3 fully saturated rings. The molecule has 3 saturated heterocycles. The summed E-state index contributed by atoms with van der Waals surface area (Å²) in [6.45, 7) is 5.99. The standard InChI is InChI=1S/C22H34N4O4S/c1-17-5-11-25(12-6-17)21(27)18-7-13-26(14-8-18)31(29,30)19-15-20(23(2)16-19)22(28)24-9-3-4-10-24/h15-18H,3-14H2,1-2H3. The number of piperidine rings is 2. The summed E-state index contributed by atoms with van der Waals surface area (Å²) < 4.78 is 29.5. The van der Waals surface area contributed by atoms with E-state index < -0.39 is 10.0 Å². The van der Waals surface area contributed by atoms with Crippen LogP contribution in [0.1, 0.15) is 55.9 Å². The third-order valence-electron chi connectivity index (χ3n) is 7.13. The normalized spacial score (nSPS) is 22.3. The van der Waals surface area contributed by atoms with Gasteiger partial charge in [0.1, 0.15) is 10.6 Å². The molecule has 2 amide bonds. The van der Waals surface area contributed by atoms with Crippen molar-refractivity contribution in [2.75, 3.05) is 39.3 Å². The second kappa shape index (κ2) is 8.94. The van der Waals surface area contributed by atoms with Crippen molar-refractivity contribution in [3.63, 3.8) is 0 Å². The summed E-state index contributed by atoms with van der Waals surface area (Å²) in [5.74, 6) is 0.649. The number of hydrogen-bond acceptors (Lipinski definition) is 4. The summed E-state index contributed by atoms with van der Waals surface area (Å²) in [4.78, 5) is 29.5. The zero-order valence-electron chi connectivity index (χ0n) is 18.6. The monoisotopic (exact) mass is 450 g/mol. The number of carbonyl (C=O) groups excluding carboxylic acids is 2. The summed E-state index contributed by atoms with van der Waals surface area (Å²) in [6, 6.07) is 1.50. The first-order chi connectivity index (χ1) is 14.8. The van der Waals surface area contributed by atoms with Crippen molar-refractivity contribution in [1.82, 2.24) is 18.7 Å². The van der Waals surface area contributed by atoms with Crippen molar-refractivity contribution in [2.45, 2.75) is 50.3 Å². The molecule has 4 rings (SSSR count). The Hall–Kier alpha value is -1.87. The highest BCUT2D eigenvalue weighted by Crippen LogP contribution is 2.28. The molecule has 0 aliphatic carbocycles. The molecule has 0 N–H and O–H groups in total. The van der Waals surface area contributed by atoms with Crippen LogP contribution in [0.5, 0.6) is 0 Å². The molecule has 0 spiro atoms. The number of aromatic nitrogens is 1. The molecule has 0 aromatic carbocycles. The van der Waals surface area contributed by atoms with Crippen LogP contribution in [-0.4, -0.2) is 78.2 Å². The molecule has 172 valence electrons. The predicted molar refractivity (Wildman–Crippen MR) is 117 cm³/mol. The van der Waals surface area contributed by atoms with E-state index in [2.05, 4.69) is 6.92 Å². The van der Waals surface area contributed by atoms with Gasteiger partial charge >= 0.3 is 0 Å². The Kier molecular flexibility index (Phi) is 6.44. The third-order valence-corrected chi connectivity index (χ3v) is 8.99. The van der Waals surface area contributed by atoms with Gasteiger partial charge < -0.3 is 14.4 Å². The van der Waals surface area contributed by atoms with Gasteiger partial charge in [0.15, 0.2) is 0 Å². The SMILES string of the molecule is CC1CCN(C(=O)C2CCN(S(=O)(=O)c3cc(C(=O)N4CCCC4)n(C)c3)CC2)CC1. The molecule has 0 saturated carbocycles. The summed E-state index contributed by atoms with van der Waals surface area (Å²) >= 11 is 0. The van der Waals surface area contributed by atoms with E-state index in [4.69, 9.17) is 0 Å². The predicted octanol–water partition coefficient (Wildman–Crippen LogP) is 1.92. The van der Waals surface area contributed by atoms with Crippen LogP contribution in [0, 0.1) is 11.8 Å². The van der Waals surface area contributed by atoms with Crippen LogP contribution >= 0.6 is 0 Å². The maximum absolute atomic E-state index is 13.2. The molecule has 0 unspecified atom stereocenters. The van der Waals surface area contributed by atoms with E-state index >= 15 is 0 Å². The molecule has 1 aromatic rings. The van der Waals surface area contributed by atoms with E-state index in [1.54, 1.807) is 16.5 Å². The second-order valence-corrected chi connectivity index (χ2v) is 11.3. The van der Waals surface area contributed by atoms with Crippen molar-refractivity contribution in [3.05, 3.63) is 18.0 Å². The van der Waals surface area contributed by atoms with Gasteiger partial charge in [0.2, 0.25) is 15.9 Å². The van der Waals surface area contributed by atoms with E-state index in [1.807, 2.05) is 4.90 Å². The number of likely N-dealkylation sites (tertiary alicyclic amines) is 2. The molecular weight excluding hydrogens is 416 g/mol. The van der Waals surface area contributed by atoms with Crippen molar-refractivity contribution in [3.8, 4) is 0 Å². The maximum Gasteiger partial charge on any atom is 0.270 e. The average molecular weight is 451 g/mol. The van der Waals surface area contributed by atoms with Crippen LogP contribution in [0.15, 0.2) is 17.2 Å². The molecule has 9 heteroatoms. The summed E-state index contributed by atoms with van der Waals surface area (Å²) in [7, 11) is -1.97. The Bertz CT molecular complexity index is 919. The minimum Gasteiger partial charge on any atom is -0.345 e. The highest BCUT2D eigenvalue weighted by Gasteiger charge is 2.35. The number of carbonyl (C=O) groups is 2. The Morgan fingerprint density at radius 2 is 1.52 bits per heavy atom. The molecular formula is C22H34N4O4S. The van der Waals surface area contributed by atoms with Crippen LogP contribution in [-0.2, 0) is 21.9 Å². The van der Waals surface area contributed by atoms with Gasteiger partial charge in [-0.1, -0.05) is 6.92 Å². The second-order valence-electron chi connectivity index (χ2n) is 9.36. The lowest BCUT2D eigenvalue weighted by Crippen LogP contribution is -2.46. The lowest BCUT2D eigenvalue weighted by atomic mass is 9.93. The van der Waals surface area contributed by atoms with E-state index in [1.165, 1.54) is 16.6 Å². The van der Waals surface area contributed by atoms with Gasteiger partial charge in [-0.25, -0.2) is 8.42 Å². The molecule has 4 heterocycles. The number of nitrogens with zero attached hydrogens (tertiary/aromatic N) is 4. The fraction of sp³-hybridized carbons (Fsp3) is 0.727. The molecule has 1 aromatic heterocycles. The van der Waals surface area contributed by atoms with E-state index in [-0.39, 0.29) is 22.6 Å². The number of rotatable bonds is 4. The van der Waals surface area contributed by atoms with E-state index in [0.717, 1.165) is 51.9 Å². The van der Waals surface area contributed by atoms with Gasteiger partial charge in [0.25, 0.3) is 5.91 Å². The van der Waals surface area contributed by atoms with Crippen LogP contribution in [0.3, 0.4) is 0 Å². The van der Waals surface area contributed by atoms with Gasteiger partial charge in [-0.2, -0.15) is 4.31 Å². The molecule has 31 heavy (non-hydrogen) atoms. The van der Waals surface area contributed by atoms with Crippen molar-refractivity contribution in [1.29, 1.82) is 0 Å². The number of amides is 2. The number of sulfonamides is 1. The van der Waals surface area contributed by atoms with Crippen molar-refractivity contribution < 1.29 is 18.0 Å². The topological polar surface area (TPSA) is 82.9 Å². The largest absolute Gasteiger partial charge is 0.345 e. The smallest absolute Gasteiger partial charge is 0.270 e. The van der Waals surface area contributed by atoms with Crippen molar-refractivity contribution >= 4 is 21.8 Å². The molecule has 0 bridgehead atoms. The molecule has 3 aliphatic heterocycles. The summed E-state index contributed by atoms with van der Waals surface area (Å²) in [5.41, 5.74) is 0.407. The van der Waals surface area contributed by atoms with Crippen LogP contribution < -0.4 is 0 Å². The average Bonchev–Trinajstić information content (AvgIpc) is 3.44. The zero-order valence-corrected chi connectivity index (χ0v) is 19.4. The van der Waals surface area contributed by atoms with Gasteiger partial charge in [-0.05, 0) is 50.5 Å². The van der Waals surface area contributed by atoms with E-state index in [0.29, 0.717) is 37.5 Å². The number of aryl methyl sites for hydroxylation is 1. The lowest BCUT2D eigenvalue weighted by Gasteiger charge is -2.36. The Morgan fingerprint density at radius 3 is 2.13 bits per heavy atom. The van der Waals surface area contributed by atoms with Crippen LogP contribution in [0.4, 0.5) is 0 Å². The van der Waals surface area contributed by atoms with Crippen molar-refractivity contribution in [2.24, 2.45) is 18.9 Å². The highest BCUT2D eigenvalue weighted by atomic mass is 32.2. The van der Waals surface area contributed by atoms with Crippen LogP contribution in [0.25, 0.3) is 0 Å². The third kappa shape index (κ3) is 4.53. The quantitative estimate of drug-likeness (QED) is 0.702. The molecule has 0 atom stereocenters. The van der Waals surface area contributed by atoms with Crippen LogP contribution in [0.2, 0.25) is 0 Å². The van der Waals surface area contributed by atoms with Gasteiger partial charge in [-0.3, -0.25) is 9.59 Å². The first-order valence-electron chi connectivity index (χ1n) is 11.5. The zero-order chi connectivity index (χ0) is 22.2. The molecule has 8 nitrogen and oxygen atoms in total. The Morgan fingerprint density at radius 1 is 0.903 bits per heavy atom. The summed E-state index contributed by atoms with van der Waals surface area (Å²) in [6.07, 6.45) is 6.71.